The van der Waals surface area contributed by atoms with Gasteiger partial charge in [0.25, 0.3) is 0 Å². The van der Waals surface area contributed by atoms with Crippen molar-refractivity contribution in [2.45, 2.75) is 34.2 Å². The average molecular weight is 526 g/mol. The molecule has 1 aliphatic rings. The van der Waals surface area contributed by atoms with Gasteiger partial charge in [-0.2, -0.15) is 4.65 Å². The first-order valence-electron chi connectivity index (χ1n) is 13.5. The highest BCUT2D eigenvalue weighted by molar-refractivity contribution is 5.94. The SMILES string of the molecule is CC.CC.C[N+]1(O)C=CC(Nc2ccc(CNc3ccc(Nc4ccnc5cc(N)ccc45)cc3)cc2)=CC1. The first-order chi connectivity index (χ1) is 18.9. The van der Waals surface area contributed by atoms with Gasteiger partial charge < -0.3 is 21.7 Å². The number of anilines is 5. The molecule has 7 heteroatoms. The number of benzene rings is 3. The molecule has 0 fully saturated rings. The monoisotopic (exact) mass is 525 g/mol. The molecule has 1 unspecified atom stereocenters. The Hall–Kier alpha value is -4.33. The molecule has 3 aromatic carbocycles. The highest BCUT2D eigenvalue weighted by Gasteiger charge is 2.17. The summed E-state index contributed by atoms with van der Waals surface area (Å²) >= 11 is 0. The molecular formula is C32H41N6O+. The molecule has 0 saturated carbocycles. The van der Waals surface area contributed by atoms with Crippen molar-refractivity contribution < 1.29 is 9.85 Å². The summed E-state index contributed by atoms with van der Waals surface area (Å²) in [4.78, 5) is 4.40. The van der Waals surface area contributed by atoms with E-state index in [0.29, 0.717) is 12.2 Å². The van der Waals surface area contributed by atoms with E-state index in [2.05, 4.69) is 69.5 Å². The van der Waals surface area contributed by atoms with Crippen molar-refractivity contribution in [2.24, 2.45) is 0 Å². The third-order valence-corrected chi connectivity index (χ3v) is 5.93. The Morgan fingerprint density at radius 3 is 2.15 bits per heavy atom. The molecule has 0 amide bonds. The van der Waals surface area contributed by atoms with Crippen LogP contribution in [0.5, 0.6) is 0 Å². The van der Waals surface area contributed by atoms with Crippen molar-refractivity contribution in [1.82, 2.24) is 4.98 Å². The van der Waals surface area contributed by atoms with Crippen LogP contribution in [0.25, 0.3) is 10.9 Å². The normalized spacial score (nSPS) is 15.7. The minimum atomic E-state index is -0.122. The number of nitrogen functional groups attached to an aromatic ring is 1. The second-order valence-electron chi connectivity index (χ2n) is 8.88. The number of allylic oxidation sites excluding steroid dienone is 1. The van der Waals surface area contributed by atoms with Crippen LogP contribution < -0.4 is 21.7 Å². The fourth-order valence-electron chi connectivity index (χ4n) is 3.92. The van der Waals surface area contributed by atoms with E-state index in [-0.39, 0.29) is 4.65 Å². The van der Waals surface area contributed by atoms with Gasteiger partial charge in [-0.1, -0.05) is 39.8 Å². The van der Waals surface area contributed by atoms with Gasteiger partial charge >= 0.3 is 0 Å². The lowest BCUT2D eigenvalue weighted by Gasteiger charge is -2.22. The Kier molecular flexibility index (Phi) is 10.5. The highest BCUT2D eigenvalue weighted by atomic mass is 16.5. The summed E-state index contributed by atoms with van der Waals surface area (Å²) in [5, 5.41) is 21.3. The van der Waals surface area contributed by atoms with E-state index in [0.717, 1.165) is 45.9 Å². The van der Waals surface area contributed by atoms with Crippen molar-refractivity contribution in [3.8, 4) is 0 Å². The van der Waals surface area contributed by atoms with Crippen LogP contribution in [0.3, 0.4) is 0 Å². The minimum Gasteiger partial charge on any atom is -0.399 e. The van der Waals surface area contributed by atoms with E-state index >= 15 is 0 Å². The summed E-state index contributed by atoms with van der Waals surface area (Å²) in [7, 11) is 1.75. The maximum atomic E-state index is 9.94. The number of nitrogens with zero attached hydrogens (tertiary/aromatic N) is 2. The van der Waals surface area contributed by atoms with Crippen molar-refractivity contribution in [1.29, 1.82) is 0 Å². The van der Waals surface area contributed by atoms with E-state index in [4.69, 9.17) is 5.73 Å². The van der Waals surface area contributed by atoms with Crippen molar-refractivity contribution in [2.75, 3.05) is 35.3 Å². The van der Waals surface area contributed by atoms with E-state index in [1.807, 2.05) is 64.1 Å². The van der Waals surface area contributed by atoms with Crippen LogP contribution in [0.15, 0.2) is 103 Å². The summed E-state index contributed by atoms with van der Waals surface area (Å²) in [5.74, 6) is 0. The summed E-state index contributed by atoms with van der Waals surface area (Å²) in [6.45, 7) is 9.27. The lowest BCUT2D eigenvalue weighted by molar-refractivity contribution is -1.04. The number of hydroxylamine groups is 3. The van der Waals surface area contributed by atoms with Crippen LogP contribution in [0.2, 0.25) is 0 Å². The summed E-state index contributed by atoms with van der Waals surface area (Å²) in [6.07, 6.45) is 7.43. The molecule has 204 valence electrons. The second-order valence-corrected chi connectivity index (χ2v) is 8.88. The van der Waals surface area contributed by atoms with E-state index in [1.165, 1.54) is 5.56 Å². The molecule has 0 radical (unpaired) electrons. The van der Waals surface area contributed by atoms with Gasteiger partial charge in [-0.3, -0.25) is 4.98 Å². The number of aromatic nitrogens is 1. The lowest BCUT2D eigenvalue weighted by Crippen LogP contribution is -2.36. The molecule has 2 heterocycles. The van der Waals surface area contributed by atoms with Crippen LogP contribution >= 0.6 is 0 Å². The van der Waals surface area contributed by atoms with Gasteiger partial charge in [0.2, 0.25) is 0 Å². The number of hydrogen-bond donors (Lipinski definition) is 5. The molecule has 0 aliphatic carbocycles. The Balaban J connectivity index is 0.00000100. The third-order valence-electron chi connectivity index (χ3n) is 5.93. The quantitative estimate of drug-likeness (QED) is 0.124. The van der Waals surface area contributed by atoms with E-state index < -0.39 is 0 Å². The van der Waals surface area contributed by atoms with Gasteiger partial charge in [-0.15, -0.1) is 0 Å². The molecule has 7 nitrogen and oxygen atoms in total. The number of quaternary nitrogens is 1. The molecule has 0 spiro atoms. The molecule has 1 atom stereocenters. The number of likely N-dealkylation sites (N-methyl/N-ethyl adjacent to an activating group) is 1. The number of hydrogen-bond acceptors (Lipinski definition) is 6. The van der Waals surface area contributed by atoms with Crippen LogP contribution in [0, 0.1) is 0 Å². The number of nitrogens with one attached hydrogen (secondary N) is 3. The average Bonchev–Trinajstić information content (AvgIpc) is 2.97. The maximum absolute atomic E-state index is 9.94. The zero-order valence-electron chi connectivity index (χ0n) is 23.6. The van der Waals surface area contributed by atoms with Gasteiger partial charge in [0.05, 0.1) is 5.52 Å². The fourth-order valence-corrected chi connectivity index (χ4v) is 3.92. The number of pyridine rings is 1. The molecular weight excluding hydrogens is 484 g/mol. The fraction of sp³-hybridized carbons (Fsp3) is 0.219. The van der Waals surface area contributed by atoms with Crippen LogP contribution in [-0.4, -0.2) is 28.4 Å². The highest BCUT2D eigenvalue weighted by Crippen LogP contribution is 2.27. The van der Waals surface area contributed by atoms with Crippen LogP contribution in [0.1, 0.15) is 33.3 Å². The smallest absolute Gasteiger partial charge is 0.134 e. The van der Waals surface area contributed by atoms with Gasteiger partial charge in [0.15, 0.2) is 0 Å². The first-order valence-corrected chi connectivity index (χ1v) is 13.5. The molecule has 5 rings (SSSR count). The van der Waals surface area contributed by atoms with E-state index in [9.17, 15) is 5.21 Å². The predicted octanol–water partition coefficient (Wildman–Crippen LogP) is 7.88. The first kappa shape index (κ1) is 29.2. The standard InChI is InChI=1S/C28H29N6O.2C2H6/c1-34(35)16-13-25(14-17-34)32-23-5-2-20(3-6-23)19-31-22-7-9-24(10-8-22)33-27-12-15-30-28-18-21(29)4-11-26(27)28;2*1-2/h2-16,18,31-32,35H,17,19,29H2,1H3,(H,30,33);2*1-2H3/q+1;;. The second kappa shape index (κ2) is 14.0. The lowest BCUT2D eigenvalue weighted by atomic mass is 10.1. The molecule has 39 heavy (non-hydrogen) atoms. The van der Waals surface area contributed by atoms with Crippen molar-refractivity contribution in [3.05, 3.63) is 109 Å². The molecule has 1 aromatic heterocycles. The Labute approximate surface area is 232 Å². The van der Waals surface area contributed by atoms with Crippen molar-refractivity contribution in [3.63, 3.8) is 0 Å². The number of rotatable bonds is 7. The summed E-state index contributed by atoms with van der Waals surface area (Å²) in [6, 6.07) is 24.3. The number of nitrogens with two attached hydrogens (primary N) is 1. The van der Waals surface area contributed by atoms with Gasteiger partial charge in [-0.05, 0) is 72.3 Å². The molecule has 4 aromatic rings. The van der Waals surface area contributed by atoms with Gasteiger partial charge in [0, 0.05) is 58.3 Å². The van der Waals surface area contributed by atoms with Gasteiger partial charge in [-0.25, -0.2) is 5.21 Å². The molecule has 1 aliphatic heterocycles. The zero-order chi connectivity index (χ0) is 28.3. The van der Waals surface area contributed by atoms with Gasteiger partial charge in [0.1, 0.15) is 19.8 Å². The van der Waals surface area contributed by atoms with Crippen molar-refractivity contribution >= 4 is 39.3 Å². The predicted molar refractivity (Wildman–Crippen MR) is 166 cm³/mol. The minimum absolute atomic E-state index is 0.122. The third kappa shape index (κ3) is 8.33. The largest absolute Gasteiger partial charge is 0.399 e. The zero-order valence-corrected chi connectivity index (χ0v) is 23.6. The number of fused-ring (bicyclic) bond motifs is 1. The molecule has 0 saturated heterocycles. The Morgan fingerprint density at radius 2 is 1.49 bits per heavy atom. The van der Waals surface area contributed by atoms with Crippen LogP contribution in [0.4, 0.5) is 28.4 Å². The summed E-state index contributed by atoms with van der Waals surface area (Å²) in [5.41, 5.74) is 13.7. The Bertz CT molecular complexity index is 1390. The molecule has 6 N–H and O–H groups in total. The molecule has 0 bridgehead atoms. The maximum Gasteiger partial charge on any atom is 0.134 e. The Morgan fingerprint density at radius 1 is 0.846 bits per heavy atom. The summed E-state index contributed by atoms with van der Waals surface area (Å²) < 4.78 is -0.122. The van der Waals surface area contributed by atoms with Crippen LogP contribution in [-0.2, 0) is 6.54 Å². The topological polar surface area (TPSA) is 95.2 Å². The van der Waals surface area contributed by atoms with E-state index in [1.54, 1.807) is 19.4 Å².